The van der Waals surface area contributed by atoms with Gasteiger partial charge in [0.2, 0.25) is 0 Å². The van der Waals surface area contributed by atoms with Crippen LogP contribution in [0.4, 0.5) is 34.4 Å². The summed E-state index contributed by atoms with van der Waals surface area (Å²) >= 11 is 0. The Balaban J connectivity index is 1.42. The van der Waals surface area contributed by atoms with Crippen molar-refractivity contribution in [3.05, 3.63) is 133 Å². The molecule has 2 heterocycles. The van der Waals surface area contributed by atoms with Gasteiger partial charge in [-0.2, -0.15) is 0 Å². The van der Waals surface area contributed by atoms with Gasteiger partial charge in [-0.15, -0.1) is 0 Å². The summed E-state index contributed by atoms with van der Waals surface area (Å²) in [6, 6.07) is 44.4. The van der Waals surface area contributed by atoms with Crippen molar-refractivity contribution in [2.75, 3.05) is 24.0 Å². The monoisotopic (exact) mass is 524 g/mol. The van der Waals surface area contributed by atoms with E-state index in [9.17, 15) is 0 Å². The number of fused-ring (bicyclic) bond motifs is 1. The Morgan fingerprint density at radius 3 is 1.10 bits per heavy atom. The van der Waals surface area contributed by atoms with Crippen LogP contribution in [0.3, 0.4) is 0 Å². The van der Waals surface area contributed by atoms with Gasteiger partial charge in [-0.1, -0.05) is 36.4 Å². The van der Waals surface area contributed by atoms with E-state index in [0.717, 1.165) is 56.9 Å². The number of rotatable bonds is 8. The highest BCUT2D eigenvalue weighted by Crippen LogP contribution is 2.37. The molecule has 2 aromatic heterocycles. The molecule has 0 saturated heterocycles. The molecule has 0 saturated carbocycles. The molecule has 6 heteroatoms. The van der Waals surface area contributed by atoms with Gasteiger partial charge in [-0.3, -0.25) is 9.80 Å². The number of methoxy groups -OCH3 is 2. The maximum atomic E-state index is 5.37. The van der Waals surface area contributed by atoms with Crippen LogP contribution in [0.25, 0.3) is 11.0 Å². The van der Waals surface area contributed by atoms with Crippen molar-refractivity contribution in [1.29, 1.82) is 0 Å². The van der Waals surface area contributed by atoms with Gasteiger partial charge >= 0.3 is 0 Å². The summed E-state index contributed by atoms with van der Waals surface area (Å²) in [7, 11) is 3.34. The normalized spacial score (nSPS) is 10.8. The summed E-state index contributed by atoms with van der Waals surface area (Å²) in [5.74, 6) is 3.21. The minimum absolute atomic E-state index is 0.800. The largest absolute Gasteiger partial charge is 0.497 e. The highest BCUT2D eigenvalue weighted by molar-refractivity contribution is 5.84. The van der Waals surface area contributed by atoms with E-state index in [0.29, 0.717) is 0 Å². The number of hydrogen-bond acceptors (Lipinski definition) is 6. The lowest BCUT2D eigenvalue weighted by molar-refractivity contribution is 0.414. The fraction of sp³-hybridized carbons (Fsp3) is 0.0588. The molecular weight excluding hydrogens is 496 g/mol. The van der Waals surface area contributed by atoms with Crippen LogP contribution in [-0.2, 0) is 0 Å². The summed E-state index contributed by atoms with van der Waals surface area (Å²) in [6.45, 7) is 0. The number of pyridine rings is 2. The molecule has 0 aliphatic heterocycles. The molecule has 0 atom stereocenters. The first-order valence-electron chi connectivity index (χ1n) is 13.0. The molecule has 0 aliphatic rings. The molecule has 6 aromatic rings. The maximum absolute atomic E-state index is 5.37. The van der Waals surface area contributed by atoms with Gasteiger partial charge in [0.15, 0.2) is 0 Å². The van der Waals surface area contributed by atoms with Crippen molar-refractivity contribution in [2.24, 2.45) is 0 Å². The molecule has 40 heavy (non-hydrogen) atoms. The molecule has 0 fully saturated rings. The van der Waals surface area contributed by atoms with Crippen LogP contribution < -0.4 is 19.3 Å². The van der Waals surface area contributed by atoms with E-state index in [4.69, 9.17) is 19.4 Å². The van der Waals surface area contributed by atoms with Gasteiger partial charge in [0.05, 0.1) is 25.3 Å². The zero-order valence-electron chi connectivity index (χ0n) is 22.3. The van der Waals surface area contributed by atoms with E-state index in [1.165, 1.54) is 0 Å². The Kier molecular flexibility index (Phi) is 6.97. The number of benzene rings is 4. The second-order valence-electron chi connectivity index (χ2n) is 9.12. The molecule has 6 nitrogen and oxygen atoms in total. The van der Waals surface area contributed by atoms with Gasteiger partial charge in [0.1, 0.15) is 23.1 Å². The van der Waals surface area contributed by atoms with E-state index in [1.54, 1.807) is 14.2 Å². The third-order valence-electron chi connectivity index (χ3n) is 6.66. The maximum Gasteiger partial charge on any atom is 0.138 e. The van der Waals surface area contributed by atoms with Crippen molar-refractivity contribution >= 4 is 45.4 Å². The second-order valence-corrected chi connectivity index (χ2v) is 9.12. The highest BCUT2D eigenvalue weighted by Gasteiger charge is 2.17. The topological polar surface area (TPSA) is 50.7 Å². The minimum atomic E-state index is 0.800. The van der Waals surface area contributed by atoms with E-state index < -0.39 is 0 Å². The van der Waals surface area contributed by atoms with Crippen molar-refractivity contribution in [1.82, 2.24) is 9.97 Å². The van der Waals surface area contributed by atoms with Gasteiger partial charge < -0.3 is 9.47 Å². The molecule has 0 aliphatic carbocycles. The summed E-state index contributed by atoms with van der Waals surface area (Å²) in [4.78, 5) is 14.3. The van der Waals surface area contributed by atoms with Crippen molar-refractivity contribution < 1.29 is 9.47 Å². The number of hydrogen-bond donors (Lipinski definition) is 0. The van der Waals surface area contributed by atoms with E-state index in [-0.39, 0.29) is 0 Å². The van der Waals surface area contributed by atoms with Crippen molar-refractivity contribution in [3.8, 4) is 11.5 Å². The number of para-hydroxylation sites is 2. The third kappa shape index (κ3) is 5.02. The molecule has 0 unspecified atom stereocenters. The summed E-state index contributed by atoms with van der Waals surface area (Å²) < 4.78 is 10.7. The number of anilines is 6. The molecule has 0 radical (unpaired) electrons. The van der Waals surface area contributed by atoms with Crippen LogP contribution in [0.2, 0.25) is 0 Å². The van der Waals surface area contributed by atoms with Crippen molar-refractivity contribution in [3.63, 3.8) is 0 Å². The molecule has 0 bridgehead atoms. The molecular formula is C34H28N4O2. The first-order chi connectivity index (χ1) is 19.7. The van der Waals surface area contributed by atoms with E-state index in [2.05, 4.69) is 34.1 Å². The number of aromatic nitrogens is 2. The van der Waals surface area contributed by atoms with Crippen LogP contribution in [0.1, 0.15) is 0 Å². The predicted octanol–water partition coefficient (Wildman–Crippen LogP) is 8.59. The van der Waals surface area contributed by atoms with Gasteiger partial charge in [0.25, 0.3) is 0 Å². The summed E-state index contributed by atoms with van der Waals surface area (Å²) in [5, 5.41) is 0. The van der Waals surface area contributed by atoms with Gasteiger partial charge in [0, 0.05) is 22.7 Å². The Labute approximate surface area is 233 Å². The number of ether oxygens (including phenoxy) is 2. The fourth-order valence-electron chi connectivity index (χ4n) is 4.68. The van der Waals surface area contributed by atoms with E-state index in [1.807, 2.05) is 109 Å². The Morgan fingerprint density at radius 1 is 0.400 bits per heavy atom. The summed E-state index contributed by atoms with van der Waals surface area (Å²) in [5.41, 5.74) is 5.60. The fourth-order valence-corrected chi connectivity index (χ4v) is 4.68. The molecule has 0 N–H and O–H groups in total. The SMILES string of the molecule is COc1ccc(N(c2ccccc2)c2ccc3nc(N(c4ccccc4)c4ccc(OC)cc4)ccc3n2)cc1. The second kappa shape index (κ2) is 11.2. The number of nitrogens with zero attached hydrogens (tertiary/aromatic N) is 4. The standard InChI is InChI=1S/C34H28N4O2/c1-39-29-17-13-27(14-18-29)37(25-9-5-3-6-10-25)33-23-21-32-31(35-33)22-24-34(36-32)38(26-11-7-4-8-12-26)28-15-19-30(40-2)20-16-28/h3-24H,1-2H3. The van der Waals surface area contributed by atoms with Crippen molar-refractivity contribution in [2.45, 2.75) is 0 Å². The van der Waals surface area contributed by atoms with Gasteiger partial charge in [-0.05, 0) is 97.1 Å². The lowest BCUT2D eigenvalue weighted by atomic mass is 10.2. The lowest BCUT2D eigenvalue weighted by Crippen LogP contribution is -2.13. The Bertz CT molecular complexity index is 1580. The quantitative estimate of drug-likeness (QED) is 0.199. The lowest BCUT2D eigenvalue weighted by Gasteiger charge is -2.26. The first kappa shape index (κ1) is 24.9. The molecule has 196 valence electrons. The average molecular weight is 525 g/mol. The molecule has 0 spiro atoms. The van der Waals surface area contributed by atoms with Gasteiger partial charge in [-0.25, -0.2) is 9.97 Å². The molecule has 4 aromatic carbocycles. The van der Waals surface area contributed by atoms with Crippen LogP contribution >= 0.6 is 0 Å². The Hall–Kier alpha value is -5.36. The highest BCUT2D eigenvalue weighted by atomic mass is 16.5. The summed E-state index contributed by atoms with van der Waals surface area (Å²) in [6.07, 6.45) is 0. The van der Waals surface area contributed by atoms with Crippen LogP contribution in [0.15, 0.2) is 133 Å². The zero-order valence-corrected chi connectivity index (χ0v) is 22.3. The van der Waals surface area contributed by atoms with E-state index >= 15 is 0 Å². The Morgan fingerprint density at radius 2 is 0.750 bits per heavy atom. The third-order valence-corrected chi connectivity index (χ3v) is 6.66. The molecule has 6 rings (SSSR count). The minimum Gasteiger partial charge on any atom is -0.497 e. The van der Waals surface area contributed by atoms with Crippen LogP contribution in [0.5, 0.6) is 11.5 Å². The first-order valence-corrected chi connectivity index (χ1v) is 13.0. The molecule has 0 amide bonds. The van der Waals surface area contributed by atoms with Crippen LogP contribution in [-0.4, -0.2) is 24.2 Å². The van der Waals surface area contributed by atoms with Crippen LogP contribution in [0, 0.1) is 0 Å². The predicted molar refractivity (Wildman–Crippen MR) is 162 cm³/mol. The zero-order chi connectivity index (χ0) is 27.3. The average Bonchev–Trinajstić information content (AvgIpc) is 3.03. The smallest absolute Gasteiger partial charge is 0.138 e.